The zero-order valence-electron chi connectivity index (χ0n) is 12.0. The number of rotatable bonds is 4. The fraction of sp³-hybridized carbons (Fsp3) is 0.0588. The summed E-state index contributed by atoms with van der Waals surface area (Å²) in [7, 11) is 0. The van der Waals surface area contributed by atoms with Crippen LogP contribution in [0.1, 0.15) is 42.2 Å². The number of benzene rings is 2. The zero-order valence-corrected chi connectivity index (χ0v) is 12.8. The van der Waals surface area contributed by atoms with E-state index in [1.165, 1.54) is 24.3 Å². The summed E-state index contributed by atoms with van der Waals surface area (Å²) in [6, 6.07) is 8.75. The van der Waals surface area contributed by atoms with Gasteiger partial charge in [-0.1, -0.05) is 24.3 Å². The third-order valence-corrected chi connectivity index (χ3v) is 4.64. The third-order valence-electron chi connectivity index (χ3n) is 3.60. The van der Waals surface area contributed by atoms with Gasteiger partial charge in [0.05, 0.1) is 11.9 Å². The van der Waals surface area contributed by atoms with Crippen molar-refractivity contribution in [3.63, 3.8) is 0 Å². The number of fused-ring (bicyclic) bond motifs is 2. The highest BCUT2D eigenvalue weighted by Crippen LogP contribution is 2.34. The lowest BCUT2D eigenvalue weighted by molar-refractivity contribution is -0.301. The van der Waals surface area contributed by atoms with E-state index >= 15 is 0 Å². The molecular weight excluding hydrogens is 332 g/mol. The van der Waals surface area contributed by atoms with Gasteiger partial charge < -0.3 is 19.8 Å². The topological polar surface area (TPSA) is 114 Å². The number of carboxylic acids is 2. The van der Waals surface area contributed by atoms with E-state index in [1.807, 2.05) is 0 Å². The van der Waals surface area contributed by atoms with Crippen LogP contribution in [0, 0.1) is 0 Å². The first kappa shape index (κ1) is 15.9. The minimum atomic E-state index is -1.65. The Morgan fingerprint density at radius 2 is 1.50 bits per heavy atom. The van der Waals surface area contributed by atoms with Crippen LogP contribution in [0.5, 0.6) is 0 Å². The van der Waals surface area contributed by atoms with Crippen molar-refractivity contribution >= 4 is 35.3 Å². The first-order chi connectivity index (χ1) is 11.4. The summed E-state index contributed by atoms with van der Waals surface area (Å²) in [6.07, 6.45) is 0. The molecule has 0 aromatic heterocycles. The van der Waals surface area contributed by atoms with Crippen molar-refractivity contribution in [2.24, 2.45) is 0 Å². The maximum atomic E-state index is 12.7. The van der Waals surface area contributed by atoms with Crippen LogP contribution < -0.4 is 10.2 Å². The Balaban J connectivity index is 2.23. The molecule has 6 nitrogen and oxygen atoms in total. The molecule has 2 aromatic carbocycles. The van der Waals surface area contributed by atoms with Gasteiger partial charge in [-0.3, -0.25) is 9.59 Å². The average Bonchev–Trinajstić information content (AvgIpc) is 2.56. The standard InChI is InChI=1S/C17H10O6S/c18-12(19)7-24-11-6-5-10-13(14(11)17(22)23)16(21)9-4-2-1-3-8(9)15(10)20/h1-6H,7H2,(H,18,19)(H,22,23)/p-2. The van der Waals surface area contributed by atoms with E-state index in [9.17, 15) is 29.4 Å². The number of carbonyl (C=O) groups excluding carboxylic acids is 4. The lowest BCUT2D eigenvalue weighted by Gasteiger charge is -2.22. The number of thioether (sulfide) groups is 1. The first-order valence-corrected chi connectivity index (χ1v) is 7.79. The van der Waals surface area contributed by atoms with Crippen LogP contribution in [0.15, 0.2) is 41.3 Å². The van der Waals surface area contributed by atoms with Crippen LogP contribution >= 0.6 is 11.8 Å². The van der Waals surface area contributed by atoms with Crippen molar-refractivity contribution < 1.29 is 29.4 Å². The number of aromatic carboxylic acids is 1. The molecule has 120 valence electrons. The van der Waals surface area contributed by atoms with Crippen molar-refractivity contribution in [3.8, 4) is 0 Å². The van der Waals surface area contributed by atoms with Gasteiger partial charge in [-0.2, -0.15) is 0 Å². The first-order valence-electron chi connectivity index (χ1n) is 6.81. The van der Waals surface area contributed by atoms with Crippen molar-refractivity contribution in [1.82, 2.24) is 0 Å². The van der Waals surface area contributed by atoms with Crippen molar-refractivity contribution in [3.05, 3.63) is 64.2 Å². The molecule has 0 atom stereocenters. The maximum Gasteiger partial charge on any atom is 0.195 e. The number of carbonyl (C=O) groups is 4. The molecule has 0 aliphatic heterocycles. The highest BCUT2D eigenvalue weighted by atomic mass is 32.2. The molecule has 1 aliphatic rings. The Labute approximate surface area is 140 Å². The Bertz CT molecular complexity index is 915. The van der Waals surface area contributed by atoms with Crippen LogP contribution in [0.2, 0.25) is 0 Å². The van der Waals surface area contributed by atoms with Crippen molar-refractivity contribution in [1.29, 1.82) is 0 Å². The average molecular weight is 340 g/mol. The van der Waals surface area contributed by atoms with Gasteiger partial charge >= 0.3 is 0 Å². The summed E-state index contributed by atoms with van der Waals surface area (Å²) in [5.74, 6) is -4.57. The molecule has 0 heterocycles. The van der Waals surface area contributed by atoms with Crippen LogP contribution in [0.25, 0.3) is 0 Å². The summed E-state index contributed by atoms with van der Waals surface area (Å²) < 4.78 is 0. The molecule has 24 heavy (non-hydrogen) atoms. The number of hydrogen-bond donors (Lipinski definition) is 0. The Morgan fingerprint density at radius 1 is 0.875 bits per heavy atom. The van der Waals surface area contributed by atoms with E-state index in [0.717, 1.165) is 0 Å². The highest BCUT2D eigenvalue weighted by molar-refractivity contribution is 8.00. The van der Waals surface area contributed by atoms with Crippen LogP contribution in [0.3, 0.4) is 0 Å². The van der Waals surface area contributed by atoms with E-state index < -0.39 is 34.8 Å². The molecule has 0 amide bonds. The largest absolute Gasteiger partial charge is 0.549 e. The Morgan fingerprint density at radius 3 is 2.08 bits per heavy atom. The van der Waals surface area contributed by atoms with E-state index in [-0.39, 0.29) is 27.1 Å². The molecule has 0 spiro atoms. The molecule has 0 saturated carbocycles. The number of hydrogen-bond acceptors (Lipinski definition) is 7. The third kappa shape index (κ3) is 2.48. The molecule has 2 aromatic rings. The second-order valence-electron chi connectivity index (χ2n) is 5.01. The molecular formula is C17H8O6S-2. The molecule has 0 radical (unpaired) electrons. The van der Waals surface area contributed by atoms with Gasteiger partial charge in [0, 0.05) is 38.5 Å². The molecule has 1 aliphatic carbocycles. The smallest absolute Gasteiger partial charge is 0.195 e. The SMILES string of the molecule is O=C([O-])CSc1ccc2c(c1C(=O)[O-])C(=O)c1ccccc1C2=O. The Hall–Kier alpha value is -2.93. The summed E-state index contributed by atoms with van der Waals surface area (Å²) in [5.41, 5.74) is -0.446. The second-order valence-corrected chi connectivity index (χ2v) is 6.03. The van der Waals surface area contributed by atoms with Gasteiger partial charge in [0.25, 0.3) is 0 Å². The second kappa shape index (κ2) is 5.93. The quantitative estimate of drug-likeness (QED) is 0.597. The lowest BCUT2D eigenvalue weighted by atomic mass is 9.82. The summed E-state index contributed by atoms with van der Waals surface area (Å²) in [4.78, 5) is 47.4. The molecule has 0 N–H and O–H groups in total. The van der Waals surface area contributed by atoms with Crippen LogP contribution in [-0.4, -0.2) is 29.3 Å². The van der Waals surface area contributed by atoms with E-state index in [2.05, 4.69) is 0 Å². The van der Waals surface area contributed by atoms with E-state index in [4.69, 9.17) is 0 Å². The Kier molecular flexibility index (Phi) is 3.94. The minimum absolute atomic E-state index is 0.0318. The monoisotopic (exact) mass is 340 g/mol. The minimum Gasteiger partial charge on any atom is -0.549 e. The van der Waals surface area contributed by atoms with Gasteiger partial charge in [0.15, 0.2) is 11.6 Å². The van der Waals surface area contributed by atoms with E-state index in [0.29, 0.717) is 11.8 Å². The number of aliphatic carboxylic acids is 1. The summed E-state index contributed by atoms with van der Waals surface area (Å²) in [5, 5.41) is 22.2. The van der Waals surface area contributed by atoms with Crippen molar-refractivity contribution in [2.45, 2.75) is 4.90 Å². The summed E-state index contributed by atoms with van der Waals surface area (Å²) in [6.45, 7) is 0. The molecule has 0 saturated heterocycles. The predicted molar refractivity (Wildman–Crippen MR) is 79.8 cm³/mol. The predicted octanol–water partition coefficient (Wildman–Crippen LogP) is -0.333. The van der Waals surface area contributed by atoms with Gasteiger partial charge in [0.1, 0.15) is 0 Å². The fourth-order valence-corrected chi connectivity index (χ4v) is 3.39. The number of carboxylic acid groups (broad SMARTS) is 2. The molecule has 0 fully saturated rings. The van der Waals surface area contributed by atoms with Crippen LogP contribution in [-0.2, 0) is 4.79 Å². The molecule has 7 heteroatoms. The number of ketones is 2. The molecule has 3 rings (SSSR count). The lowest BCUT2D eigenvalue weighted by Crippen LogP contribution is -2.30. The maximum absolute atomic E-state index is 12.7. The van der Waals surface area contributed by atoms with E-state index in [1.54, 1.807) is 12.1 Å². The van der Waals surface area contributed by atoms with Crippen LogP contribution in [0.4, 0.5) is 0 Å². The van der Waals surface area contributed by atoms with Gasteiger partial charge in [-0.05, 0) is 12.1 Å². The zero-order chi connectivity index (χ0) is 17.4. The normalized spacial score (nSPS) is 12.5. The molecule has 0 bridgehead atoms. The highest BCUT2D eigenvalue weighted by Gasteiger charge is 2.32. The summed E-state index contributed by atoms with van der Waals surface area (Å²) >= 11 is 0.694. The van der Waals surface area contributed by atoms with Gasteiger partial charge in [-0.25, -0.2) is 0 Å². The van der Waals surface area contributed by atoms with Crippen molar-refractivity contribution in [2.75, 3.05) is 5.75 Å². The fourth-order valence-electron chi connectivity index (χ4n) is 2.63. The molecule has 0 unspecified atom stereocenters. The van der Waals surface area contributed by atoms with Gasteiger partial charge in [0.2, 0.25) is 0 Å². The van der Waals surface area contributed by atoms with Gasteiger partial charge in [-0.15, -0.1) is 11.8 Å².